The zero-order chi connectivity index (χ0) is 22.1. The Kier molecular flexibility index (Phi) is 6.67. The summed E-state index contributed by atoms with van der Waals surface area (Å²) in [5.41, 5.74) is 0.107. The molecule has 2 aromatic rings. The molecule has 0 radical (unpaired) electrons. The van der Waals surface area contributed by atoms with Gasteiger partial charge in [0.1, 0.15) is 11.4 Å². The van der Waals surface area contributed by atoms with Crippen LogP contribution in [0.2, 0.25) is 5.02 Å². The van der Waals surface area contributed by atoms with E-state index in [1.165, 1.54) is 28.8 Å². The highest BCUT2D eigenvalue weighted by atomic mass is 35.5. The summed E-state index contributed by atoms with van der Waals surface area (Å²) in [5.74, 6) is -0.344. The Labute approximate surface area is 181 Å². The smallest absolute Gasteiger partial charge is 0.352 e. The first-order valence-electron chi connectivity index (χ1n) is 9.25. The number of thioether (sulfide) groups is 1. The Hall–Kier alpha value is -2.19. The van der Waals surface area contributed by atoms with Gasteiger partial charge in [0.15, 0.2) is 0 Å². The van der Waals surface area contributed by atoms with E-state index in [9.17, 15) is 22.8 Å². The lowest BCUT2D eigenvalue weighted by atomic mass is 10.1. The topological polar surface area (TPSA) is 49.4 Å². The molecule has 1 N–H and O–H groups in total. The van der Waals surface area contributed by atoms with Crippen LogP contribution in [-0.2, 0) is 11.0 Å². The van der Waals surface area contributed by atoms with Crippen LogP contribution in [0.15, 0.2) is 48.5 Å². The number of benzene rings is 2. The van der Waals surface area contributed by atoms with E-state index in [0.29, 0.717) is 21.9 Å². The summed E-state index contributed by atoms with van der Waals surface area (Å²) in [6, 6.07) is 10.1. The molecule has 2 atom stereocenters. The number of amides is 2. The maximum Gasteiger partial charge on any atom is 0.416 e. The molecule has 160 valence electrons. The minimum absolute atomic E-state index is 0.111. The number of halogens is 4. The van der Waals surface area contributed by atoms with Crippen molar-refractivity contribution < 1.29 is 22.8 Å². The van der Waals surface area contributed by atoms with Crippen molar-refractivity contribution in [1.82, 2.24) is 10.2 Å². The van der Waals surface area contributed by atoms with Crippen LogP contribution in [0.5, 0.6) is 0 Å². The third-order valence-corrected chi connectivity index (χ3v) is 6.16. The number of hydrogen-bond acceptors (Lipinski definition) is 3. The fraction of sp³-hybridized carbons (Fsp3) is 0.333. The highest BCUT2D eigenvalue weighted by molar-refractivity contribution is 7.99. The van der Waals surface area contributed by atoms with Crippen LogP contribution in [0.25, 0.3) is 0 Å². The average Bonchev–Trinajstić information content (AvgIpc) is 3.12. The number of carbonyl (C=O) groups is 2. The van der Waals surface area contributed by atoms with Gasteiger partial charge in [-0.1, -0.05) is 23.7 Å². The molecule has 1 saturated heterocycles. The fourth-order valence-corrected chi connectivity index (χ4v) is 4.73. The monoisotopic (exact) mass is 456 g/mol. The summed E-state index contributed by atoms with van der Waals surface area (Å²) in [4.78, 5) is 27.4. The Balaban J connectivity index is 1.95. The molecule has 1 heterocycles. The molecule has 0 aromatic heterocycles. The van der Waals surface area contributed by atoms with Crippen LogP contribution in [0.1, 0.15) is 40.7 Å². The first-order chi connectivity index (χ1) is 14.1. The second kappa shape index (κ2) is 8.89. The molecule has 2 aromatic carbocycles. The summed E-state index contributed by atoms with van der Waals surface area (Å²) < 4.78 is 38.7. The van der Waals surface area contributed by atoms with Crippen molar-refractivity contribution in [2.45, 2.75) is 37.5 Å². The molecule has 1 fully saturated rings. The normalized spacial score (nSPS) is 19.2. The van der Waals surface area contributed by atoms with Gasteiger partial charge in [0.05, 0.1) is 5.56 Å². The number of hydrogen-bond donors (Lipinski definition) is 1. The van der Waals surface area contributed by atoms with Crippen molar-refractivity contribution in [3.05, 3.63) is 70.2 Å². The van der Waals surface area contributed by atoms with Crippen LogP contribution in [0.4, 0.5) is 13.2 Å². The van der Waals surface area contributed by atoms with E-state index >= 15 is 0 Å². The van der Waals surface area contributed by atoms with E-state index in [4.69, 9.17) is 11.6 Å². The lowest BCUT2D eigenvalue weighted by Crippen LogP contribution is -2.49. The Morgan fingerprint density at radius 2 is 1.70 bits per heavy atom. The van der Waals surface area contributed by atoms with E-state index in [-0.39, 0.29) is 17.9 Å². The molecule has 1 aliphatic rings. The Morgan fingerprint density at radius 1 is 1.10 bits per heavy atom. The molecule has 0 bridgehead atoms. The molecule has 30 heavy (non-hydrogen) atoms. The summed E-state index contributed by atoms with van der Waals surface area (Å²) in [7, 11) is 0. The number of alkyl halides is 3. The van der Waals surface area contributed by atoms with Crippen molar-refractivity contribution in [2.75, 3.05) is 5.75 Å². The minimum Gasteiger partial charge on any atom is -0.352 e. The molecule has 0 aliphatic carbocycles. The van der Waals surface area contributed by atoms with Gasteiger partial charge in [-0.3, -0.25) is 9.59 Å². The SMILES string of the molecule is CC(C)NC(=O)C1CSC(c2ccc(C(F)(F)F)cc2)N1C(=O)c1ccc(Cl)cc1. The first-order valence-corrected chi connectivity index (χ1v) is 10.7. The number of nitrogens with zero attached hydrogens (tertiary/aromatic N) is 1. The maximum atomic E-state index is 13.3. The van der Waals surface area contributed by atoms with E-state index < -0.39 is 23.2 Å². The highest BCUT2D eigenvalue weighted by Gasteiger charge is 2.43. The number of carbonyl (C=O) groups excluding carboxylic acids is 2. The second-order valence-corrected chi connectivity index (χ2v) is 8.75. The molecular formula is C21H20ClF3N2O2S. The van der Waals surface area contributed by atoms with E-state index in [0.717, 1.165) is 12.1 Å². The third kappa shape index (κ3) is 4.92. The van der Waals surface area contributed by atoms with E-state index in [1.54, 1.807) is 24.3 Å². The van der Waals surface area contributed by atoms with Crippen LogP contribution in [-0.4, -0.2) is 34.6 Å². The largest absolute Gasteiger partial charge is 0.416 e. The van der Waals surface area contributed by atoms with Crippen molar-refractivity contribution in [3.63, 3.8) is 0 Å². The third-order valence-electron chi connectivity index (χ3n) is 4.58. The van der Waals surface area contributed by atoms with Gasteiger partial charge >= 0.3 is 6.18 Å². The van der Waals surface area contributed by atoms with Crippen molar-refractivity contribution in [3.8, 4) is 0 Å². The predicted octanol–water partition coefficient (Wildman–Crippen LogP) is 5.14. The van der Waals surface area contributed by atoms with Crippen molar-refractivity contribution >= 4 is 35.2 Å². The first kappa shape index (κ1) is 22.5. The van der Waals surface area contributed by atoms with Gasteiger partial charge < -0.3 is 10.2 Å². The molecule has 0 spiro atoms. The van der Waals surface area contributed by atoms with Crippen molar-refractivity contribution in [1.29, 1.82) is 0 Å². The highest BCUT2D eigenvalue weighted by Crippen LogP contribution is 2.43. The molecule has 1 aliphatic heterocycles. The Morgan fingerprint density at radius 3 is 2.23 bits per heavy atom. The summed E-state index contributed by atoms with van der Waals surface area (Å²) in [6.45, 7) is 3.64. The summed E-state index contributed by atoms with van der Waals surface area (Å²) >= 11 is 7.25. The van der Waals surface area contributed by atoms with Gasteiger partial charge in [0.25, 0.3) is 5.91 Å². The van der Waals surface area contributed by atoms with Gasteiger partial charge in [-0.15, -0.1) is 11.8 Å². The Bertz CT molecular complexity index is 917. The molecule has 9 heteroatoms. The zero-order valence-corrected chi connectivity index (χ0v) is 17.8. The molecule has 4 nitrogen and oxygen atoms in total. The van der Waals surface area contributed by atoms with Gasteiger partial charge in [-0.25, -0.2) is 0 Å². The fourth-order valence-electron chi connectivity index (χ4n) is 3.17. The molecule has 2 unspecified atom stereocenters. The zero-order valence-electron chi connectivity index (χ0n) is 16.2. The van der Waals surface area contributed by atoms with Crippen LogP contribution in [0.3, 0.4) is 0 Å². The van der Waals surface area contributed by atoms with Crippen molar-refractivity contribution in [2.24, 2.45) is 0 Å². The van der Waals surface area contributed by atoms with Crippen LogP contribution in [0, 0.1) is 0 Å². The van der Waals surface area contributed by atoms with Gasteiger partial charge in [-0.05, 0) is 55.8 Å². The number of rotatable bonds is 4. The van der Waals surface area contributed by atoms with Gasteiger partial charge in [0, 0.05) is 22.4 Å². The summed E-state index contributed by atoms with van der Waals surface area (Å²) in [6.07, 6.45) is -4.44. The van der Waals surface area contributed by atoms with Gasteiger partial charge in [-0.2, -0.15) is 13.2 Å². The molecule has 2 amide bonds. The summed E-state index contributed by atoms with van der Waals surface area (Å²) in [5, 5.41) is 2.70. The van der Waals surface area contributed by atoms with Gasteiger partial charge in [0.2, 0.25) is 5.91 Å². The number of nitrogens with one attached hydrogen (secondary N) is 1. The standard InChI is InChI=1S/C21H20ClF3N2O2S/c1-12(2)26-18(28)17-11-30-20(14-3-7-15(8-4-14)21(23,24)25)27(17)19(29)13-5-9-16(22)10-6-13/h3-10,12,17,20H,11H2,1-2H3,(H,26,28). The predicted molar refractivity (Wildman–Crippen MR) is 111 cm³/mol. The van der Waals surface area contributed by atoms with E-state index in [1.807, 2.05) is 13.8 Å². The average molecular weight is 457 g/mol. The lowest BCUT2D eigenvalue weighted by molar-refractivity contribution is -0.137. The lowest BCUT2D eigenvalue weighted by Gasteiger charge is -2.30. The quantitative estimate of drug-likeness (QED) is 0.693. The van der Waals surface area contributed by atoms with Crippen LogP contribution < -0.4 is 5.32 Å². The second-order valence-electron chi connectivity index (χ2n) is 7.20. The van der Waals surface area contributed by atoms with Crippen LogP contribution >= 0.6 is 23.4 Å². The van der Waals surface area contributed by atoms with E-state index in [2.05, 4.69) is 5.32 Å². The molecule has 3 rings (SSSR count). The molecular weight excluding hydrogens is 437 g/mol. The minimum atomic E-state index is -4.44. The molecule has 0 saturated carbocycles. The maximum absolute atomic E-state index is 13.3.